The first-order chi connectivity index (χ1) is 8.49. The lowest BCUT2D eigenvalue weighted by Gasteiger charge is -2.25. The van der Waals surface area contributed by atoms with E-state index in [0.29, 0.717) is 5.69 Å². The Balaban J connectivity index is 2.66. The van der Waals surface area contributed by atoms with Crippen molar-refractivity contribution in [2.45, 2.75) is 25.1 Å². The third-order valence-electron chi connectivity index (χ3n) is 2.03. The summed E-state index contributed by atoms with van der Waals surface area (Å²) in [5.74, 6) is -0.223. The summed E-state index contributed by atoms with van der Waals surface area (Å²) in [7, 11) is -6.93. The van der Waals surface area contributed by atoms with E-state index in [4.69, 9.17) is 0 Å². The highest BCUT2D eigenvalue weighted by atomic mass is 32.2. The third kappa shape index (κ3) is 6.97. The molecule has 19 heavy (non-hydrogen) atoms. The Morgan fingerprint density at radius 2 is 1.95 bits per heavy atom. The maximum Gasteiger partial charge on any atom is 0.217 e. The van der Waals surface area contributed by atoms with E-state index in [1.54, 1.807) is 24.7 Å². The zero-order valence-electron chi connectivity index (χ0n) is 10.9. The van der Waals surface area contributed by atoms with Gasteiger partial charge in [0, 0.05) is 17.5 Å². The summed E-state index contributed by atoms with van der Waals surface area (Å²) < 4.78 is 50.6. The molecule has 0 saturated carbocycles. The topological polar surface area (TPSA) is 105 Å². The minimum absolute atomic E-state index is 0.0257. The zero-order chi connectivity index (χ0) is 14.7. The molecule has 0 fully saturated rings. The van der Waals surface area contributed by atoms with Gasteiger partial charge in [-0.1, -0.05) is 0 Å². The van der Waals surface area contributed by atoms with Crippen molar-refractivity contribution >= 4 is 31.4 Å². The standard InChI is InChI=1S/C9H17N3O4S3/c1-9(2,6-11-18(3,13)14)12-19(15,16)5-8-4-17-7-10-8/h4,7,11-12H,5-6H2,1-3H3. The highest BCUT2D eigenvalue weighted by molar-refractivity contribution is 7.89. The van der Waals surface area contributed by atoms with Gasteiger partial charge in [-0.25, -0.2) is 31.3 Å². The number of rotatable bonds is 7. The molecule has 0 atom stereocenters. The molecule has 2 N–H and O–H groups in total. The second-order valence-corrected chi connectivity index (χ2v) is 9.09. The molecule has 0 amide bonds. The maximum absolute atomic E-state index is 11.9. The van der Waals surface area contributed by atoms with Crippen molar-refractivity contribution in [3.8, 4) is 0 Å². The van der Waals surface area contributed by atoms with Crippen LogP contribution in [0.2, 0.25) is 0 Å². The highest BCUT2D eigenvalue weighted by Gasteiger charge is 2.26. The fraction of sp³-hybridized carbons (Fsp3) is 0.667. The predicted molar refractivity (Wildman–Crippen MR) is 74.8 cm³/mol. The van der Waals surface area contributed by atoms with E-state index < -0.39 is 25.6 Å². The molecule has 10 heteroatoms. The van der Waals surface area contributed by atoms with Crippen molar-refractivity contribution in [2.24, 2.45) is 0 Å². The molecule has 0 radical (unpaired) electrons. The molecule has 0 spiro atoms. The zero-order valence-corrected chi connectivity index (χ0v) is 13.3. The van der Waals surface area contributed by atoms with E-state index in [0.717, 1.165) is 6.26 Å². The summed E-state index contributed by atoms with van der Waals surface area (Å²) in [4.78, 5) is 3.90. The molecular weight excluding hydrogens is 310 g/mol. The molecule has 7 nitrogen and oxygen atoms in total. The van der Waals surface area contributed by atoms with Crippen LogP contribution in [0.5, 0.6) is 0 Å². The molecule has 110 valence electrons. The monoisotopic (exact) mass is 327 g/mol. The second-order valence-electron chi connectivity index (χ2n) is 4.82. The molecule has 0 aliphatic carbocycles. The SMILES string of the molecule is CC(C)(CNS(C)(=O)=O)NS(=O)(=O)Cc1cscn1. The summed E-state index contributed by atoms with van der Waals surface area (Å²) >= 11 is 1.32. The van der Waals surface area contributed by atoms with Crippen molar-refractivity contribution in [2.75, 3.05) is 12.8 Å². The summed E-state index contributed by atoms with van der Waals surface area (Å²) in [6.45, 7) is 3.18. The van der Waals surface area contributed by atoms with Crippen LogP contribution >= 0.6 is 11.3 Å². The van der Waals surface area contributed by atoms with Crippen molar-refractivity contribution in [1.29, 1.82) is 0 Å². The molecule has 0 aliphatic rings. The Bertz CT molecular complexity index is 605. The van der Waals surface area contributed by atoms with Gasteiger partial charge in [-0.15, -0.1) is 11.3 Å². The van der Waals surface area contributed by atoms with Gasteiger partial charge in [0.05, 0.1) is 17.5 Å². The molecule has 0 saturated heterocycles. The van der Waals surface area contributed by atoms with Gasteiger partial charge in [0.2, 0.25) is 20.0 Å². The molecule has 1 heterocycles. The number of thiazole rings is 1. The molecule has 1 aromatic rings. The van der Waals surface area contributed by atoms with Gasteiger partial charge >= 0.3 is 0 Å². The number of nitrogens with zero attached hydrogens (tertiary/aromatic N) is 1. The number of hydrogen-bond acceptors (Lipinski definition) is 6. The van der Waals surface area contributed by atoms with Gasteiger partial charge in [0.15, 0.2) is 0 Å². The van der Waals surface area contributed by atoms with Gasteiger partial charge in [0.25, 0.3) is 0 Å². The average Bonchev–Trinajstić information content (AvgIpc) is 2.64. The average molecular weight is 327 g/mol. The van der Waals surface area contributed by atoms with Gasteiger partial charge in [-0.2, -0.15) is 0 Å². The molecule has 0 aliphatic heterocycles. The van der Waals surface area contributed by atoms with Crippen LogP contribution < -0.4 is 9.44 Å². The minimum atomic E-state index is -3.57. The van der Waals surface area contributed by atoms with Crippen LogP contribution in [-0.4, -0.2) is 40.2 Å². The van der Waals surface area contributed by atoms with E-state index in [1.165, 1.54) is 11.3 Å². The molecule has 0 unspecified atom stereocenters. The lowest BCUT2D eigenvalue weighted by atomic mass is 10.1. The Morgan fingerprint density at radius 3 is 2.42 bits per heavy atom. The summed E-state index contributed by atoms with van der Waals surface area (Å²) in [6, 6.07) is 0. The van der Waals surface area contributed by atoms with E-state index in [2.05, 4.69) is 14.4 Å². The Labute approximate surface area is 117 Å². The number of nitrogens with one attached hydrogen (secondary N) is 2. The second kappa shape index (κ2) is 5.83. The lowest BCUT2D eigenvalue weighted by Crippen LogP contribution is -2.51. The Hall–Kier alpha value is -0.550. The lowest BCUT2D eigenvalue weighted by molar-refractivity contribution is 0.444. The van der Waals surface area contributed by atoms with Crippen LogP contribution in [-0.2, 0) is 25.8 Å². The number of aromatic nitrogens is 1. The molecule has 1 rings (SSSR count). The van der Waals surface area contributed by atoms with Crippen LogP contribution in [0.25, 0.3) is 0 Å². The first-order valence-corrected chi connectivity index (χ1v) is 9.81. The van der Waals surface area contributed by atoms with Crippen LogP contribution in [0.3, 0.4) is 0 Å². The van der Waals surface area contributed by atoms with Crippen molar-refractivity contribution in [3.63, 3.8) is 0 Å². The van der Waals surface area contributed by atoms with Crippen molar-refractivity contribution in [3.05, 3.63) is 16.6 Å². The smallest absolute Gasteiger partial charge is 0.217 e. The maximum atomic E-state index is 11.9. The van der Waals surface area contributed by atoms with Gasteiger partial charge < -0.3 is 0 Å². The van der Waals surface area contributed by atoms with E-state index in [9.17, 15) is 16.8 Å². The predicted octanol–water partition coefficient (Wildman–Crippen LogP) is -0.110. The van der Waals surface area contributed by atoms with Crippen LogP contribution in [0.4, 0.5) is 0 Å². The van der Waals surface area contributed by atoms with E-state index >= 15 is 0 Å². The summed E-state index contributed by atoms with van der Waals surface area (Å²) in [6.07, 6.45) is 1.02. The van der Waals surface area contributed by atoms with E-state index in [1.807, 2.05) is 0 Å². The van der Waals surface area contributed by atoms with Gasteiger partial charge in [-0.3, -0.25) is 0 Å². The minimum Gasteiger partial charge on any atom is -0.249 e. The van der Waals surface area contributed by atoms with Crippen LogP contribution in [0.1, 0.15) is 19.5 Å². The van der Waals surface area contributed by atoms with Gasteiger partial charge in [-0.05, 0) is 13.8 Å². The molecule has 0 aromatic carbocycles. The third-order valence-corrected chi connectivity index (χ3v) is 4.87. The number of hydrogen-bond donors (Lipinski definition) is 2. The fourth-order valence-corrected chi connectivity index (χ4v) is 4.13. The Morgan fingerprint density at radius 1 is 1.32 bits per heavy atom. The summed E-state index contributed by atoms with van der Waals surface area (Å²) in [5, 5.41) is 1.65. The molecule has 1 aromatic heterocycles. The molecule has 0 bridgehead atoms. The van der Waals surface area contributed by atoms with Gasteiger partial charge in [0.1, 0.15) is 5.75 Å². The first-order valence-electron chi connectivity index (χ1n) is 5.32. The van der Waals surface area contributed by atoms with Crippen LogP contribution in [0.15, 0.2) is 10.9 Å². The fourth-order valence-electron chi connectivity index (χ4n) is 1.31. The highest BCUT2D eigenvalue weighted by Crippen LogP contribution is 2.09. The first kappa shape index (κ1) is 16.5. The Kier molecular flexibility index (Phi) is 5.07. The normalized spacial score (nSPS) is 13.6. The van der Waals surface area contributed by atoms with Crippen molar-refractivity contribution in [1.82, 2.24) is 14.4 Å². The van der Waals surface area contributed by atoms with Crippen molar-refractivity contribution < 1.29 is 16.8 Å². The van der Waals surface area contributed by atoms with Crippen LogP contribution in [0, 0.1) is 0 Å². The summed E-state index contributed by atoms with van der Waals surface area (Å²) in [5.41, 5.74) is 1.10. The number of sulfonamides is 2. The van der Waals surface area contributed by atoms with E-state index in [-0.39, 0.29) is 12.3 Å². The quantitative estimate of drug-likeness (QED) is 0.727. The molecular formula is C9H17N3O4S3. The largest absolute Gasteiger partial charge is 0.249 e.